The maximum Gasteiger partial charge on any atom is 0.397 e. The minimum absolute atomic E-state index is 0.0107. The van der Waals surface area contributed by atoms with E-state index in [-0.39, 0.29) is 30.7 Å². The molecular weight excluding hydrogens is 519 g/mol. The van der Waals surface area contributed by atoms with Crippen molar-refractivity contribution >= 4 is 17.7 Å². The Morgan fingerprint density at radius 3 is 2.48 bits per heavy atom. The number of carbonyl (C=O) groups excluding carboxylic acids is 3. The molecule has 2 unspecified atom stereocenters. The van der Waals surface area contributed by atoms with Gasteiger partial charge in [-0.3, -0.25) is 9.59 Å². The van der Waals surface area contributed by atoms with Gasteiger partial charge in [0.2, 0.25) is 5.91 Å². The van der Waals surface area contributed by atoms with E-state index < -0.39 is 24.5 Å². The summed E-state index contributed by atoms with van der Waals surface area (Å²) >= 11 is 0. The smallest absolute Gasteiger partial charge is 0.397 e. The number of esters is 1. The highest BCUT2D eigenvalue weighted by Crippen LogP contribution is 2.48. The van der Waals surface area contributed by atoms with Crippen molar-refractivity contribution in [1.29, 1.82) is 0 Å². The van der Waals surface area contributed by atoms with Gasteiger partial charge in [0, 0.05) is 25.4 Å². The van der Waals surface area contributed by atoms with Crippen LogP contribution in [0.1, 0.15) is 57.8 Å². The van der Waals surface area contributed by atoms with Crippen molar-refractivity contribution in [3.63, 3.8) is 0 Å². The van der Waals surface area contributed by atoms with E-state index in [9.17, 15) is 27.6 Å². The molecule has 1 aliphatic carbocycles. The molecule has 3 aromatic carbocycles. The predicted octanol–water partition coefficient (Wildman–Crippen LogP) is 6.28. The number of ketones is 1. The number of nitrogens with zero attached hydrogens (tertiary/aromatic N) is 1. The summed E-state index contributed by atoms with van der Waals surface area (Å²) in [7, 11) is 1.31. The molecule has 40 heavy (non-hydrogen) atoms. The first-order valence-electron chi connectivity index (χ1n) is 13.4. The van der Waals surface area contributed by atoms with E-state index in [0.29, 0.717) is 24.8 Å². The maximum atomic E-state index is 13.0. The quantitative estimate of drug-likeness (QED) is 0.310. The molecular formula is C32H30F3NO4. The first kappa shape index (κ1) is 27.6. The fourth-order valence-corrected chi connectivity index (χ4v) is 5.74. The predicted molar refractivity (Wildman–Crippen MR) is 144 cm³/mol. The molecule has 1 fully saturated rings. The molecule has 1 aliphatic heterocycles. The number of aryl methyl sites for hydroxylation is 1. The number of benzene rings is 3. The second-order valence-corrected chi connectivity index (χ2v) is 10.5. The molecule has 3 aromatic rings. The van der Waals surface area contributed by atoms with Crippen molar-refractivity contribution in [2.45, 2.75) is 50.7 Å². The first-order valence-corrected chi connectivity index (χ1v) is 13.4. The topological polar surface area (TPSA) is 63.7 Å². The van der Waals surface area contributed by atoms with Gasteiger partial charge >= 0.3 is 12.1 Å². The van der Waals surface area contributed by atoms with Crippen LogP contribution < -0.4 is 0 Å². The molecule has 0 aromatic heterocycles. The van der Waals surface area contributed by atoms with Crippen molar-refractivity contribution in [2.75, 3.05) is 13.7 Å². The van der Waals surface area contributed by atoms with E-state index in [1.165, 1.54) is 12.0 Å². The molecule has 5 rings (SSSR count). The minimum atomic E-state index is -4.58. The number of alkyl halides is 3. The number of halogens is 3. The van der Waals surface area contributed by atoms with Gasteiger partial charge in [-0.15, -0.1) is 0 Å². The average molecular weight is 550 g/mol. The number of ether oxygens (including phenoxy) is 1. The van der Waals surface area contributed by atoms with Crippen LogP contribution in [0.25, 0.3) is 11.1 Å². The Morgan fingerprint density at radius 2 is 1.75 bits per heavy atom. The van der Waals surface area contributed by atoms with Crippen molar-refractivity contribution in [3.8, 4) is 11.1 Å². The van der Waals surface area contributed by atoms with Crippen LogP contribution >= 0.6 is 0 Å². The number of methoxy groups -OCH3 is 1. The van der Waals surface area contributed by atoms with Gasteiger partial charge in [0.15, 0.2) is 0 Å². The molecule has 5 nitrogen and oxygen atoms in total. The fraction of sp³-hybridized carbons (Fsp3) is 0.344. The summed E-state index contributed by atoms with van der Waals surface area (Å²) in [5.41, 5.74) is 5.75. The molecule has 2 atom stereocenters. The molecule has 208 valence electrons. The number of rotatable bonds is 8. The third kappa shape index (κ3) is 6.11. The standard InChI is InChI=1S/C32H30F3NO4/c1-40-31(39)23-9-5-8-22(16-23)24-12-10-21(11-13-29(37)27-17-26(27)20-6-3-2-4-7-20)28-19-36(15-14-25(24)28)30(38)18-32(33,34)35/h2-10,12,16,26-27H,11,13-15,17-19H2,1H3. The second kappa shape index (κ2) is 11.3. The molecule has 2 aliphatic rings. The van der Waals surface area contributed by atoms with E-state index >= 15 is 0 Å². The van der Waals surface area contributed by atoms with Gasteiger partial charge in [-0.05, 0) is 70.7 Å². The molecule has 1 saturated carbocycles. The molecule has 8 heteroatoms. The summed E-state index contributed by atoms with van der Waals surface area (Å²) in [6.45, 7) is 0.211. The van der Waals surface area contributed by atoms with Gasteiger partial charge in [-0.2, -0.15) is 13.2 Å². The van der Waals surface area contributed by atoms with Crippen LogP contribution in [0, 0.1) is 5.92 Å². The van der Waals surface area contributed by atoms with E-state index in [1.54, 1.807) is 18.2 Å². The van der Waals surface area contributed by atoms with Crippen LogP contribution in [0.2, 0.25) is 0 Å². The summed E-state index contributed by atoms with van der Waals surface area (Å²) in [5.74, 6) is -1.02. The number of fused-ring (bicyclic) bond motifs is 1. The summed E-state index contributed by atoms with van der Waals surface area (Å²) in [6, 6.07) is 20.8. The zero-order valence-corrected chi connectivity index (χ0v) is 22.2. The van der Waals surface area contributed by atoms with Crippen molar-refractivity contribution in [3.05, 3.63) is 94.5 Å². The van der Waals surface area contributed by atoms with Crippen LogP contribution in [0.15, 0.2) is 66.7 Å². The van der Waals surface area contributed by atoms with E-state index in [4.69, 9.17) is 4.74 Å². The Bertz CT molecular complexity index is 1430. The van der Waals surface area contributed by atoms with E-state index in [0.717, 1.165) is 39.8 Å². The van der Waals surface area contributed by atoms with Crippen LogP contribution in [0.4, 0.5) is 13.2 Å². The van der Waals surface area contributed by atoms with Crippen molar-refractivity contribution < 1.29 is 32.3 Å². The Balaban J connectivity index is 1.40. The number of hydrogen-bond acceptors (Lipinski definition) is 4. The van der Waals surface area contributed by atoms with Gasteiger partial charge in [0.1, 0.15) is 12.2 Å². The molecule has 0 saturated heterocycles. The third-order valence-electron chi connectivity index (χ3n) is 7.88. The van der Waals surface area contributed by atoms with Gasteiger partial charge in [-0.1, -0.05) is 54.6 Å². The number of amides is 1. The lowest BCUT2D eigenvalue weighted by Gasteiger charge is -2.32. The normalized spacial score (nSPS) is 18.1. The van der Waals surface area contributed by atoms with Crippen LogP contribution in [0.5, 0.6) is 0 Å². The monoisotopic (exact) mass is 549 g/mol. The molecule has 0 spiro atoms. The molecule has 0 bridgehead atoms. The lowest BCUT2D eigenvalue weighted by molar-refractivity contribution is -0.162. The first-order chi connectivity index (χ1) is 19.1. The lowest BCUT2D eigenvalue weighted by Crippen LogP contribution is -2.38. The van der Waals surface area contributed by atoms with Crippen LogP contribution in [0.3, 0.4) is 0 Å². The van der Waals surface area contributed by atoms with Gasteiger partial charge in [0.05, 0.1) is 12.7 Å². The molecule has 1 amide bonds. The lowest BCUT2D eigenvalue weighted by atomic mass is 9.85. The Morgan fingerprint density at radius 1 is 0.975 bits per heavy atom. The highest BCUT2D eigenvalue weighted by atomic mass is 19.4. The van der Waals surface area contributed by atoms with E-state index in [2.05, 4.69) is 0 Å². The second-order valence-electron chi connectivity index (χ2n) is 10.5. The minimum Gasteiger partial charge on any atom is -0.465 e. The number of Topliss-reactive ketones (excluding diaryl/α,β-unsaturated/α-hetero) is 1. The van der Waals surface area contributed by atoms with Gasteiger partial charge < -0.3 is 9.64 Å². The zero-order valence-electron chi connectivity index (χ0n) is 22.2. The van der Waals surface area contributed by atoms with Gasteiger partial charge in [0.25, 0.3) is 0 Å². The summed E-state index contributed by atoms with van der Waals surface area (Å²) in [4.78, 5) is 38.9. The van der Waals surface area contributed by atoms with Crippen molar-refractivity contribution in [1.82, 2.24) is 4.90 Å². The molecule has 0 N–H and O–H groups in total. The molecule has 1 heterocycles. The molecule has 0 radical (unpaired) electrons. The summed E-state index contributed by atoms with van der Waals surface area (Å²) in [6.07, 6.45) is -4.10. The maximum absolute atomic E-state index is 13.0. The van der Waals surface area contributed by atoms with Crippen LogP contribution in [-0.4, -0.2) is 42.4 Å². The number of hydrogen-bond donors (Lipinski definition) is 0. The van der Waals surface area contributed by atoms with E-state index in [1.807, 2.05) is 48.5 Å². The van der Waals surface area contributed by atoms with Crippen molar-refractivity contribution in [2.24, 2.45) is 5.92 Å². The summed E-state index contributed by atoms with van der Waals surface area (Å²) < 4.78 is 43.8. The Labute approximate surface area is 230 Å². The average Bonchev–Trinajstić information content (AvgIpc) is 3.76. The number of carbonyl (C=O) groups is 3. The van der Waals surface area contributed by atoms with Crippen LogP contribution in [-0.2, 0) is 33.7 Å². The highest BCUT2D eigenvalue weighted by Gasteiger charge is 2.43. The summed E-state index contributed by atoms with van der Waals surface area (Å²) in [5, 5.41) is 0. The SMILES string of the molecule is COC(=O)c1cccc(-c2ccc(CCC(=O)C3CC3c3ccccc3)c3c2CCN(C(=O)CC(F)(F)F)C3)c1. The Kier molecular flexibility index (Phi) is 7.79. The highest BCUT2D eigenvalue weighted by molar-refractivity contribution is 5.91. The largest absolute Gasteiger partial charge is 0.465 e. The third-order valence-corrected chi connectivity index (χ3v) is 7.88. The fourth-order valence-electron chi connectivity index (χ4n) is 5.74. The zero-order chi connectivity index (χ0) is 28.4. The Hall–Kier alpha value is -3.94. The van der Waals surface area contributed by atoms with Gasteiger partial charge in [-0.25, -0.2) is 4.79 Å².